The van der Waals surface area contributed by atoms with E-state index in [9.17, 15) is 13.2 Å². The monoisotopic (exact) mass is 301 g/mol. The topological polar surface area (TPSA) is 55.6 Å². The van der Waals surface area contributed by atoms with Crippen LogP contribution in [0.15, 0.2) is 12.1 Å². The minimum atomic E-state index is -4.58. The van der Waals surface area contributed by atoms with Crippen molar-refractivity contribution in [2.45, 2.75) is 25.6 Å². The van der Waals surface area contributed by atoms with Crippen LogP contribution in [0.2, 0.25) is 0 Å². The molecule has 2 aromatic rings. The Morgan fingerprint density at radius 2 is 2.14 bits per heavy atom. The van der Waals surface area contributed by atoms with E-state index in [1.54, 1.807) is 6.07 Å². The molecule has 1 aliphatic heterocycles. The Morgan fingerprint density at radius 1 is 1.33 bits per heavy atom. The summed E-state index contributed by atoms with van der Waals surface area (Å²) in [6.45, 7) is 3.75. The van der Waals surface area contributed by atoms with Gasteiger partial charge in [-0.2, -0.15) is 17.7 Å². The first-order valence-electron chi connectivity index (χ1n) is 6.65. The maximum atomic E-state index is 12.8. The highest BCUT2D eigenvalue weighted by Crippen LogP contribution is 2.28. The molecular weight excluding hydrogens is 287 g/mol. The fraction of sp³-hybridized carbons (Fsp3) is 0.583. The molecule has 1 atom stereocenters. The van der Waals surface area contributed by atoms with Gasteiger partial charge in [0.25, 0.3) is 5.82 Å². The number of alkyl halides is 3. The average Bonchev–Trinajstić information content (AvgIpc) is 2.90. The molecule has 21 heavy (non-hydrogen) atoms. The second kappa shape index (κ2) is 5.14. The second-order valence-electron chi connectivity index (χ2n) is 4.83. The van der Waals surface area contributed by atoms with Gasteiger partial charge in [0.15, 0.2) is 5.65 Å². The molecule has 0 saturated carbocycles. The minimum absolute atomic E-state index is 0.0687. The molecule has 0 aromatic carbocycles. The maximum absolute atomic E-state index is 12.8. The third-order valence-corrected chi connectivity index (χ3v) is 3.42. The van der Waals surface area contributed by atoms with E-state index < -0.39 is 12.0 Å². The van der Waals surface area contributed by atoms with Crippen molar-refractivity contribution in [3.63, 3.8) is 0 Å². The number of halogens is 3. The van der Waals surface area contributed by atoms with E-state index in [0.717, 1.165) is 10.9 Å². The first kappa shape index (κ1) is 14.1. The summed E-state index contributed by atoms with van der Waals surface area (Å²) in [6.07, 6.45) is -3.67. The molecule has 0 amide bonds. The van der Waals surface area contributed by atoms with Gasteiger partial charge in [0, 0.05) is 13.1 Å². The highest BCUT2D eigenvalue weighted by molar-refractivity contribution is 5.46. The summed E-state index contributed by atoms with van der Waals surface area (Å²) in [5.41, 5.74) is 0.0753. The molecule has 114 valence electrons. The largest absolute Gasteiger partial charge is 0.453 e. The molecule has 0 aliphatic carbocycles. The highest BCUT2D eigenvalue weighted by Gasteiger charge is 2.37. The fourth-order valence-electron chi connectivity index (χ4n) is 2.30. The average molecular weight is 301 g/mol. The lowest BCUT2D eigenvalue weighted by Gasteiger charge is -2.33. The summed E-state index contributed by atoms with van der Waals surface area (Å²) in [6, 6.07) is 3.14. The molecule has 0 bridgehead atoms. The van der Waals surface area contributed by atoms with Crippen molar-refractivity contribution in [3.05, 3.63) is 18.0 Å². The van der Waals surface area contributed by atoms with Gasteiger partial charge in [0.2, 0.25) is 0 Å². The van der Waals surface area contributed by atoms with Gasteiger partial charge in [-0.25, -0.2) is 0 Å². The summed E-state index contributed by atoms with van der Waals surface area (Å²) < 4.78 is 44.8. The lowest BCUT2D eigenvalue weighted by Crippen LogP contribution is -2.42. The third-order valence-electron chi connectivity index (χ3n) is 3.42. The molecule has 0 N–H and O–H groups in total. The van der Waals surface area contributed by atoms with E-state index in [1.807, 2.05) is 11.8 Å². The van der Waals surface area contributed by atoms with E-state index in [0.29, 0.717) is 25.5 Å². The Labute approximate surface area is 118 Å². The van der Waals surface area contributed by atoms with E-state index in [4.69, 9.17) is 4.74 Å². The van der Waals surface area contributed by atoms with Crippen LogP contribution in [-0.4, -0.2) is 45.6 Å². The van der Waals surface area contributed by atoms with Gasteiger partial charge < -0.3 is 9.64 Å². The Bertz CT molecular complexity index is 641. The van der Waals surface area contributed by atoms with Gasteiger partial charge in [-0.1, -0.05) is 6.92 Å². The number of aromatic nitrogens is 4. The van der Waals surface area contributed by atoms with Crippen LogP contribution in [0.4, 0.5) is 19.0 Å². The van der Waals surface area contributed by atoms with Crippen LogP contribution < -0.4 is 4.90 Å². The predicted octanol–water partition coefficient (Wildman–Crippen LogP) is 1.76. The Kier molecular flexibility index (Phi) is 3.44. The lowest BCUT2D eigenvalue weighted by molar-refractivity contribution is -0.146. The number of fused-ring (bicyclic) bond motifs is 1. The van der Waals surface area contributed by atoms with Crippen LogP contribution in [-0.2, 0) is 10.9 Å². The van der Waals surface area contributed by atoms with Crippen LogP contribution >= 0.6 is 0 Å². The van der Waals surface area contributed by atoms with Crippen LogP contribution in [0.3, 0.4) is 0 Å². The smallest absolute Gasteiger partial charge is 0.375 e. The number of hydrogen-bond acceptors (Lipinski definition) is 5. The maximum Gasteiger partial charge on any atom is 0.453 e. The van der Waals surface area contributed by atoms with E-state index in [-0.39, 0.29) is 11.8 Å². The standard InChI is InChI=1S/C12H14F3N5O/c1-2-8-7-19(5-6-21-8)10-4-3-9-16-17-11(12(13,14)15)20(9)18-10/h3-4,8H,2,5-7H2,1H3. The van der Waals surface area contributed by atoms with Gasteiger partial charge in [0.1, 0.15) is 5.82 Å². The zero-order valence-corrected chi connectivity index (χ0v) is 11.3. The first-order valence-corrected chi connectivity index (χ1v) is 6.65. The molecule has 1 unspecified atom stereocenters. The van der Waals surface area contributed by atoms with Crippen molar-refractivity contribution in [1.82, 2.24) is 19.8 Å². The zero-order chi connectivity index (χ0) is 15.0. The van der Waals surface area contributed by atoms with E-state index >= 15 is 0 Å². The van der Waals surface area contributed by atoms with Gasteiger partial charge in [-0.3, -0.25) is 0 Å². The zero-order valence-electron chi connectivity index (χ0n) is 11.3. The molecule has 1 aliphatic rings. The summed E-state index contributed by atoms with van der Waals surface area (Å²) in [5, 5.41) is 10.7. The number of anilines is 1. The van der Waals surface area contributed by atoms with Crippen molar-refractivity contribution < 1.29 is 17.9 Å². The number of nitrogens with zero attached hydrogens (tertiary/aromatic N) is 5. The van der Waals surface area contributed by atoms with Crippen molar-refractivity contribution >= 4 is 11.5 Å². The molecular formula is C12H14F3N5O. The Hall–Kier alpha value is -1.90. The van der Waals surface area contributed by atoms with Crippen LogP contribution in [0, 0.1) is 0 Å². The first-order chi connectivity index (χ1) is 9.99. The van der Waals surface area contributed by atoms with Crippen molar-refractivity contribution in [2.75, 3.05) is 24.6 Å². The molecule has 9 heteroatoms. The van der Waals surface area contributed by atoms with Crippen molar-refractivity contribution in [1.29, 1.82) is 0 Å². The SMILES string of the molecule is CCC1CN(c2ccc3nnc(C(F)(F)F)n3n2)CCO1. The van der Waals surface area contributed by atoms with Gasteiger partial charge in [-0.05, 0) is 18.6 Å². The summed E-state index contributed by atoms with van der Waals surface area (Å²) >= 11 is 0. The fourth-order valence-corrected chi connectivity index (χ4v) is 2.30. The second-order valence-corrected chi connectivity index (χ2v) is 4.83. The van der Waals surface area contributed by atoms with Gasteiger partial charge >= 0.3 is 6.18 Å². The van der Waals surface area contributed by atoms with E-state index in [1.165, 1.54) is 6.07 Å². The molecule has 2 aromatic heterocycles. The van der Waals surface area contributed by atoms with Gasteiger partial charge in [-0.15, -0.1) is 15.3 Å². The summed E-state index contributed by atoms with van der Waals surface area (Å²) in [4.78, 5) is 1.91. The van der Waals surface area contributed by atoms with Crippen molar-refractivity contribution in [2.24, 2.45) is 0 Å². The number of hydrogen-bond donors (Lipinski definition) is 0. The predicted molar refractivity (Wildman–Crippen MR) is 68.0 cm³/mol. The van der Waals surface area contributed by atoms with Crippen molar-refractivity contribution in [3.8, 4) is 0 Å². The molecule has 6 nitrogen and oxygen atoms in total. The summed E-state index contributed by atoms with van der Waals surface area (Å²) in [5.74, 6) is -0.644. The summed E-state index contributed by atoms with van der Waals surface area (Å²) in [7, 11) is 0. The third kappa shape index (κ3) is 2.65. The highest BCUT2D eigenvalue weighted by atomic mass is 19.4. The Morgan fingerprint density at radius 3 is 2.86 bits per heavy atom. The van der Waals surface area contributed by atoms with Crippen LogP contribution in [0.1, 0.15) is 19.2 Å². The van der Waals surface area contributed by atoms with Crippen LogP contribution in [0.25, 0.3) is 5.65 Å². The number of ether oxygens (including phenoxy) is 1. The Balaban J connectivity index is 1.96. The van der Waals surface area contributed by atoms with E-state index in [2.05, 4.69) is 15.3 Å². The normalized spacial score (nSPS) is 20.2. The molecule has 0 radical (unpaired) electrons. The molecule has 0 spiro atoms. The number of morpholine rings is 1. The molecule has 3 heterocycles. The molecule has 1 fully saturated rings. The molecule has 1 saturated heterocycles. The van der Waals surface area contributed by atoms with Gasteiger partial charge in [0.05, 0.1) is 12.7 Å². The quantitative estimate of drug-likeness (QED) is 0.846. The minimum Gasteiger partial charge on any atom is -0.375 e. The number of rotatable bonds is 2. The van der Waals surface area contributed by atoms with Crippen LogP contribution in [0.5, 0.6) is 0 Å². The lowest BCUT2D eigenvalue weighted by atomic mass is 10.2. The molecule has 3 rings (SSSR count).